The Morgan fingerprint density at radius 3 is 2.50 bits per heavy atom. The molecule has 1 aromatic heterocycles. The first-order valence-corrected chi connectivity index (χ1v) is 12.7. The Labute approximate surface area is 189 Å². The lowest BCUT2D eigenvalue weighted by Crippen LogP contribution is -2.60. The number of thioether (sulfide) groups is 1. The van der Waals surface area contributed by atoms with E-state index in [0.29, 0.717) is 22.6 Å². The number of nitrogens with zero attached hydrogens (tertiary/aromatic N) is 2. The Morgan fingerprint density at radius 1 is 1.27 bits per heavy atom. The van der Waals surface area contributed by atoms with E-state index in [9.17, 15) is 9.59 Å². The molecule has 0 spiro atoms. The third-order valence-corrected chi connectivity index (χ3v) is 8.86. The summed E-state index contributed by atoms with van der Waals surface area (Å²) in [4.78, 5) is 30.9. The van der Waals surface area contributed by atoms with Crippen molar-refractivity contribution in [3.63, 3.8) is 0 Å². The Balaban J connectivity index is 1.37. The third-order valence-electron chi connectivity index (χ3n) is 7.28. The first kappa shape index (κ1) is 20.6. The fraction of sp³-hybridized carbons (Fsp3) is 0.609. The van der Waals surface area contributed by atoms with Crippen molar-refractivity contribution in [1.82, 2.24) is 14.9 Å². The van der Waals surface area contributed by atoms with Gasteiger partial charge in [-0.2, -0.15) is 0 Å². The zero-order valence-electron chi connectivity index (χ0n) is 17.5. The highest BCUT2D eigenvalue weighted by molar-refractivity contribution is 9.10. The highest BCUT2D eigenvalue weighted by Gasteiger charge is 2.51. The summed E-state index contributed by atoms with van der Waals surface area (Å²) in [5, 5.41) is 4.38. The molecule has 4 aliphatic carbocycles. The van der Waals surface area contributed by atoms with Gasteiger partial charge in [-0.1, -0.05) is 27.7 Å². The number of aromatic nitrogens is 2. The van der Waals surface area contributed by atoms with Gasteiger partial charge in [0.15, 0.2) is 5.16 Å². The van der Waals surface area contributed by atoms with Crippen LogP contribution in [0.15, 0.2) is 32.6 Å². The van der Waals surface area contributed by atoms with E-state index < -0.39 is 0 Å². The van der Waals surface area contributed by atoms with E-state index in [1.54, 1.807) is 4.57 Å². The van der Waals surface area contributed by atoms with Crippen molar-refractivity contribution >= 4 is 44.5 Å². The van der Waals surface area contributed by atoms with Gasteiger partial charge in [-0.15, -0.1) is 0 Å². The molecule has 7 heteroatoms. The van der Waals surface area contributed by atoms with Crippen LogP contribution in [0.3, 0.4) is 0 Å². The molecule has 0 saturated heterocycles. The predicted octanol–water partition coefficient (Wildman–Crippen LogP) is 4.74. The Hall–Kier alpha value is -1.34. The van der Waals surface area contributed by atoms with Crippen molar-refractivity contribution in [3.05, 3.63) is 33.0 Å². The number of rotatable bonds is 5. The lowest BCUT2D eigenvalue weighted by atomic mass is 9.53. The SMILES string of the molecule is CCn1c(SC(C)C(=O)NC23CC4CC(CC(C4)C2)C3)nc2ccc(Br)cc2c1=O. The van der Waals surface area contributed by atoms with Gasteiger partial charge in [0.05, 0.1) is 16.2 Å². The molecular weight excluding hydrogens is 462 g/mol. The lowest BCUT2D eigenvalue weighted by Gasteiger charge is -2.57. The maximum Gasteiger partial charge on any atom is 0.262 e. The van der Waals surface area contributed by atoms with Crippen LogP contribution in [0.1, 0.15) is 52.4 Å². The van der Waals surface area contributed by atoms with E-state index >= 15 is 0 Å². The molecule has 4 fully saturated rings. The summed E-state index contributed by atoms with van der Waals surface area (Å²) in [5.74, 6) is 2.47. The molecule has 4 aliphatic rings. The summed E-state index contributed by atoms with van der Waals surface area (Å²) in [5.41, 5.74) is 0.623. The smallest absolute Gasteiger partial charge is 0.262 e. The highest BCUT2D eigenvalue weighted by atomic mass is 79.9. The molecule has 4 saturated carbocycles. The Morgan fingerprint density at radius 2 is 1.90 bits per heavy atom. The number of nitrogens with one attached hydrogen (secondary N) is 1. The molecule has 5 nitrogen and oxygen atoms in total. The molecule has 1 unspecified atom stereocenters. The number of amides is 1. The summed E-state index contributed by atoms with van der Waals surface area (Å²) in [6, 6.07) is 5.56. The summed E-state index contributed by atoms with van der Waals surface area (Å²) in [6.45, 7) is 4.40. The third kappa shape index (κ3) is 3.62. The number of benzene rings is 1. The van der Waals surface area contributed by atoms with Gasteiger partial charge in [-0.3, -0.25) is 14.2 Å². The zero-order valence-corrected chi connectivity index (χ0v) is 19.9. The minimum absolute atomic E-state index is 0.00810. The van der Waals surface area contributed by atoms with E-state index in [1.807, 2.05) is 32.0 Å². The zero-order chi connectivity index (χ0) is 21.0. The molecule has 160 valence electrons. The summed E-state index contributed by atoms with van der Waals surface area (Å²) in [7, 11) is 0. The van der Waals surface area contributed by atoms with Gasteiger partial charge in [0.25, 0.3) is 5.56 Å². The Bertz CT molecular complexity index is 1030. The summed E-state index contributed by atoms with van der Waals surface area (Å²) in [6.07, 6.45) is 7.51. The quantitative estimate of drug-likeness (QED) is 0.486. The summed E-state index contributed by atoms with van der Waals surface area (Å²) < 4.78 is 2.54. The second-order valence-corrected chi connectivity index (χ2v) is 11.8. The minimum Gasteiger partial charge on any atom is -0.350 e. The number of carbonyl (C=O) groups excluding carboxylic acids is 1. The van der Waals surface area contributed by atoms with Crippen molar-refractivity contribution in [2.45, 2.75) is 74.9 Å². The molecule has 1 atom stereocenters. The number of hydrogen-bond donors (Lipinski definition) is 1. The van der Waals surface area contributed by atoms with Crippen molar-refractivity contribution < 1.29 is 4.79 Å². The van der Waals surface area contributed by atoms with Crippen LogP contribution in [0.4, 0.5) is 0 Å². The van der Waals surface area contributed by atoms with Gasteiger partial charge in [0, 0.05) is 16.6 Å². The van der Waals surface area contributed by atoms with Gasteiger partial charge in [0.1, 0.15) is 0 Å². The van der Waals surface area contributed by atoms with Crippen LogP contribution < -0.4 is 10.9 Å². The second kappa shape index (κ2) is 7.66. The predicted molar refractivity (Wildman–Crippen MR) is 124 cm³/mol. The molecule has 1 heterocycles. The average Bonchev–Trinajstić information content (AvgIpc) is 2.67. The van der Waals surface area contributed by atoms with Crippen LogP contribution in [0, 0.1) is 17.8 Å². The number of halogens is 1. The molecule has 2 aromatic rings. The number of hydrogen-bond acceptors (Lipinski definition) is 4. The normalized spacial score (nSPS) is 30.6. The molecular formula is C23H28BrN3O2S. The fourth-order valence-electron chi connectivity index (χ4n) is 6.38. The lowest BCUT2D eigenvalue weighted by molar-refractivity contribution is -0.126. The Kier molecular flexibility index (Phi) is 5.25. The van der Waals surface area contributed by atoms with Crippen molar-refractivity contribution in [1.29, 1.82) is 0 Å². The van der Waals surface area contributed by atoms with Gasteiger partial charge >= 0.3 is 0 Å². The highest BCUT2D eigenvalue weighted by Crippen LogP contribution is 2.55. The van der Waals surface area contributed by atoms with Crippen LogP contribution in [0.25, 0.3) is 10.9 Å². The first-order valence-electron chi connectivity index (χ1n) is 11.0. The van der Waals surface area contributed by atoms with Crippen LogP contribution >= 0.6 is 27.7 Å². The van der Waals surface area contributed by atoms with Crippen LogP contribution in [-0.4, -0.2) is 26.2 Å². The maximum absolute atomic E-state index is 13.2. The van der Waals surface area contributed by atoms with Crippen molar-refractivity contribution in [3.8, 4) is 0 Å². The van der Waals surface area contributed by atoms with E-state index in [2.05, 4.69) is 21.2 Å². The van der Waals surface area contributed by atoms with Crippen LogP contribution in [0.2, 0.25) is 0 Å². The fourth-order valence-corrected chi connectivity index (χ4v) is 7.71. The maximum atomic E-state index is 13.2. The van der Waals surface area contributed by atoms with Gasteiger partial charge in [-0.25, -0.2) is 4.98 Å². The molecule has 6 rings (SSSR count). The van der Waals surface area contributed by atoms with Gasteiger partial charge < -0.3 is 5.32 Å². The largest absolute Gasteiger partial charge is 0.350 e. The van der Waals surface area contributed by atoms with E-state index in [-0.39, 0.29) is 22.3 Å². The van der Waals surface area contributed by atoms with E-state index in [1.165, 1.54) is 31.0 Å². The summed E-state index contributed by atoms with van der Waals surface area (Å²) >= 11 is 4.82. The van der Waals surface area contributed by atoms with Gasteiger partial charge in [-0.05, 0) is 88.3 Å². The standard InChI is InChI=1S/C23H28BrN3O2S/c1-3-27-21(29)18-9-17(24)4-5-19(18)25-22(27)30-13(2)20(28)26-23-10-14-6-15(11-23)8-16(7-14)12-23/h4-5,9,13-16H,3,6-8,10-12H2,1-2H3,(H,26,28). The molecule has 1 N–H and O–H groups in total. The molecule has 30 heavy (non-hydrogen) atoms. The minimum atomic E-state index is -0.296. The molecule has 0 aliphatic heterocycles. The molecule has 1 aromatic carbocycles. The average molecular weight is 490 g/mol. The molecule has 0 radical (unpaired) electrons. The van der Waals surface area contributed by atoms with E-state index in [4.69, 9.17) is 4.98 Å². The monoisotopic (exact) mass is 489 g/mol. The topological polar surface area (TPSA) is 64.0 Å². The second-order valence-electron chi connectivity index (χ2n) is 9.55. The molecule has 1 amide bonds. The van der Waals surface area contributed by atoms with E-state index in [0.717, 1.165) is 41.5 Å². The number of carbonyl (C=O) groups is 1. The van der Waals surface area contributed by atoms with Crippen molar-refractivity contribution in [2.75, 3.05) is 0 Å². The van der Waals surface area contributed by atoms with Crippen LogP contribution in [-0.2, 0) is 11.3 Å². The van der Waals surface area contributed by atoms with Crippen LogP contribution in [0.5, 0.6) is 0 Å². The van der Waals surface area contributed by atoms with Crippen molar-refractivity contribution in [2.24, 2.45) is 17.8 Å². The van der Waals surface area contributed by atoms with Gasteiger partial charge in [0.2, 0.25) is 5.91 Å². The molecule has 4 bridgehead atoms. The first-order chi connectivity index (χ1) is 14.4. The number of fused-ring (bicyclic) bond motifs is 1.